The molecule has 0 saturated carbocycles. The van der Waals surface area contributed by atoms with Gasteiger partial charge < -0.3 is 0 Å². The predicted octanol–water partition coefficient (Wildman–Crippen LogP) is 4.23. The van der Waals surface area contributed by atoms with E-state index in [9.17, 15) is 8.78 Å². The first-order chi connectivity index (χ1) is 6.46. The molecule has 4 heteroatoms. The van der Waals surface area contributed by atoms with Crippen LogP contribution in [0.2, 0.25) is 0 Å². The zero-order valence-electron chi connectivity index (χ0n) is 7.55. The van der Waals surface area contributed by atoms with Gasteiger partial charge in [-0.05, 0) is 5.56 Å². The summed E-state index contributed by atoms with van der Waals surface area (Å²) in [5.74, 6) is -4.09. The minimum Gasteiger partial charge on any atom is -0.203 e. The van der Waals surface area contributed by atoms with Gasteiger partial charge in [-0.3, -0.25) is 0 Å². The Morgan fingerprint density at radius 3 is 2.07 bits per heavy atom. The molecule has 0 fully saturated rings. The lowest BCUT2D eigenvalue weighted by atomic mass is 9.95. The van der Waals surface area contributed by atoms with E-state index in [1.807, 2.05) is 0 Å². The average molecular weight is 239 g/mol. The van der Waals surface area contributed by atoms with Gasteiger partial charge in [-0.25, -0.2) is 8.78 Å². The van der Waals surface area contributed by atoms with Gasteiger partial charge in [0, 0.05) is 5.92 Å². The van der Waals surface area contributed by atoms with Crippen LogP contribution in [0.5, 0.6) is 0 Å². The molecule has 0 saturated heterocycles. The maximum absolute atomic E-state index is 13.4. The van der Waals surface area contributed by atoms with E-state index in [-0.39, 0.29) is 0 Å². The highest BCUT2D eigenvalue weighted by molar-refractivity contribution is 6.45. The molecule has 0 spiro atoms. The van der Waals surface area contributed by atoms with E-state index in [1.54, 1.807) is 30.3 Å². The highest BCUT2D eigenvalue weighted by Gasteiger charge is 2.43. The van der Waals surface area contributed by atoms with Gasteiger partial charge in [-0.15, -0.1) is 0 Å². The van der Waals surface area contributed by atoms with Gasteiger partial charge in [-0.1, -0.05) is 60.5 Å². The first kappa shape index (κ1) is 11.7. The molecular weight excluding hydrogens is 229 g/mol. The van der Waals surface area contributed by atoms with Crippen molar-refractivity contribution in [3.63, 3.8) is 0 Å². The van der Waals surface area contributed by atoms with E-state index in [4.69, 9.17) is 23.2 Å². The van der Waals surface area contributed by atoms with E-state index in [0.29, 0.717) is 5.56 Å². The zero-order valence-corrected chi connectivity index (χ0v) is 9.07. The second-order valence-corrected chi connectivity index (χ2v) is 4.20. The van der Waals surface area contributed by atoms with Crippen LogP contribution in [-0.4, -0.2) is 10.8 Å². The highest BCUT2D eigenvalue weighted by Crippen LogP contribution is 2.39. The number of rotatable bonds is 3. The SMILES string of the molecule is CC(c1ccccc1)C(F)(F)C(Cl)Cl. The van der Waals surface area contributed by atoms with Gasteiger partial charge in [0.25, 0.3) is 5.92 Å². The van der Waals surface area contributed by atoms with Gasteiger partial charge in [0.05, 0.1) is 0 Å². The largest absolute Gasteiger partial charge is 0.284 e. The normalized spacial score (nSPS) is 14.4. The molecule has 0 radical (unpaired) electrons. The maximum atomic E-state index is 13.4. The van der Waals surface area contributed by atoms with Gasteiger partial charge in [0.15, 0.2) is 4.84 Å². The molecule has 0 aliphatic rings. The Labute approximate surface area is 91.8 Å². The van der Waals surface area contributed by atoms with E-state index < -0.39 is 16.7 Å². The molecule has 0 nitrogen and oxygen atoms in total. The monoisotopic (exact) mass is 238 g/mol. The van der Waals surface area contributed by atoms with Crippen LogP contribution in [0.15, 0.2) is 30.3 Å². The molecule has 0 aromatic heterocycles. The quantitative estimate of drug-likeness (QED) is 0.692. The van der Waals surface area contributed by atoms with Crippen LogP contribution in [0.1, 0.15) is 18.4 Å². The molecular formula is C10H10Cl2F2. The third kappa shape index (κ3) is 2.37. The highest BCUT2D eigenvalue weighted by atomic mass is 35.5. The second-order valence-electron chi connectivity index (χ2n) is 3.11. The van der Waals surface area contributed by atoms with Crippen molar-refractivity contribution >= 4 is 23.2 Å². The fraction of sp³-hybridized carbons (Fsp3) is 0.400. The Bertz CT molecular complexity index is 285. The Morgan fingerprint density at radius 2 is 1.64 bits per heavy atom. The van der Waals surface area contributed by atoms with E-state index >= 15 is 0 Å². The van der Waals surface area contributed by atoms with Crippen molar-refractivity contribution in [1.29, 1.82) is 0 Å². The molecule has 0 amide bonds. The summed E-state index contributed by atoms with van der Waals surface area (Å²) in [6, 6.07) is 8.45. The van der Waals surface area contributed by atoms with Crippen LogP contribution in [0.3, 0.4) is 0 Å². The molecule has 1 rings (SSSR count). The summed E-state index contributed by atoms with van der Waals surface area (Å²) in [5, 5.41) is 0. The molecule has 1 aromatic rings. The van der Waals surface area contributed by atoms with E-state index in [0.717, 1.165) is 0 Å². The van der Waals surface area contributed by atoms with Crippen LogP contribution < -0.4 is 0 Å². The molecule has 1 aromatic carbocycles. The van der Waals surface area contributed by atoms with E-state index in [2.05, 4.69) is 0 Å². The average Bonchev–Trinajstić information content (AvgIpc) is 2.17. The Kier molecular flexibility index (Phi) is 3.73. The van der Waals surface area contributed by atoms with Gasteiger partial charge in [0.1, 0.15) is 0 Å². The summed E-state index contributed by atoms with van der Waals surface area (Å²) in [6.07, 6.45) is 0. The summed E-state index contributed by atoms with van der Waals surface area (Å²) < 4.78 is 26.7. The summed E-state index contributed by atoms with van der Waals surface area (Å²) in [5.41, 5.74) is 0.531. The Hall–Kier alpha value is -0.340. The Morgan fingerprint density at radius 1 is 1.14 bits per heavy atom. The lowest BCUT2D eigenvalue weighted by Crippen LogP contribution is -2.31. The van der Waals surface area contributed by atoms with Crippen LogP contribution in [0.4, 0.5) is 8.78 Å². The molecule has 0 bridgehead atoms. The zero-order chi connectivity index (χ0) is 10.8. The molecule has 14 heavy (non-hydrogen) atoms. The van der Waals surface area contributed by atoms with Crippen molar-refractivity contribution in [2.75, 3.05) is 0 Å². The topological polar surface area (TPSA) is 0 Å². The molecule has 0 N–H and O–H groups in total. The number of hydrogen-bond acceptors (Lipinski definition) is 0. The summed E-state index contributed by atoms with van der Waals surface area (Å²) >= 11 is 10.5. The van der Waals surface area contributed by atoms with Gasteiger partial charge in [0.2, 0.25) is 0 Å². The van der Waals surface area contributed by atoms with Crippen LogP contribution in [-0.2, 0) is 0 Å². The maximum Gasteiger partial charge on any atom is 0.284 e. The van der Waals surface area contributed by atoms with E-state index in [1.165, 1.54) is 6.92 Å². The summed E-state index contributed by atoms with van der Waals surface area (Å²) in [4.78, 5) is -1.68. The van der Waals surface area contributed by atoms with Crippen molar-refractivity contribution in [2.45, 2.75) is 23.6 Å². The van der Waals surface area contributed by atoms with Crippen molar-refractivity contribution in [2.24, 2.45) is 0 Å². The lowest BCUT2D eigenvalue weighted by Gasteiger charge is -2.24. The summed E-state index contributed by atoms with van der Waals surface area (Å²) in [6.45, 7) is 1.41. The van der Waals surface area contributed by atoms with Crippen molar-refractivity contribution in [1.82, 2.24) is 0 Å². The third-order valence-corrected chi connectivity index (χ3v) is 2.75. The first-order valence-corrected chi connectivity index (χ1v) is 5.04. The molecule has 78 valence electrons. The predicted molar refractivity (Wildman–Crippen MR) is 55.3 cm³/mol. The fourth-order valence-corrected chi connectivity index (χ4v) is 1.53. The summed E-state index contributed by atoms with van der Waals surface area (Å²) in [7, 11) is 0. The smallest absolute Gasteiger partial charge is 0.203 e. The number of benzene rings is 1. The van der Waals surface area contributed by atoms with Gasteiger partial charge >= 0.3 is 0 Å². The third-order valence-electron chi connectivity index (χ3n) is 2.17. The molecule has 0 aliphatic carbocycles. The molecule has 1 unspecified atom stereocenters. The number of hydrogen-bond donors (Lipinski definition) is 0. The molecule has 0 aliphatic heterocycles. The van der Waals surface area contributed by atoms with Crippen molar-refractivity contribution in [3.8, 4) is 0 Å². The lowest BCUT2D eigenvalue weighted by molar-refractivity contribution is -0.00828. The van der Waals surface area contributed by atoms with Crippen molar-refractivity contribution < 1.29 is 8.78 Å². The van der Waals surface area contributed by atoms with Crippen LogP contribution >= 0.6 is 23.2 Å². The number of alkyl halides is 4. The fourth-order valence-electron chi connectivity index (χ4n) is 1.15. The second kappa shape index (κ2) is 4.45. The molecule has 1 atom stereocenters. The van der Waals surface area contributed by atoms with Crippen LogP contribution in [0.25, 0.3) is 0 Å². The minimum absolute atomic E-state index is 0.531. The number of halogens is 4. The van der Waals surface area contributed by atoms with Gasteiger partial charge in [-0.2, -0.15) is 0 Å². The minimum atomic E-state index is -3.11. The van der Waals surface area contributed by atoms with Crippen molar-refractivity contribution in [3.05, 3.63) is 35.9 Å². The Balaban J connectivity index is 2.90. The first-order valence-electron chi connectivity index (χ1n) is 4.17. The van der Waals surface area contributed by atoms with Crippen LogP contribution in [0, 0.1) is 0 Å². The molecule has 0 heterocycles. The standard InChI is InChI=1S/C10H10Cl2F2/c1-7(10(13,14)9(11)12)8-5-3-2-4-6-8/h2-7,9H,1H3.